The molecular weight excluding hydrogens is 436 g/mol. The summed E-state index contributed by atoms with van der Waals surface area (Å²) in [4.78, 5) is 17.4. The van der Waals surface area contributed by atoms with E-state index in [1.54, 1.807) is 24.1 Å². The highest BCUT2D eigenvalue weighted by atomic mass is 19.1. The van der Waals surface area contributed by atoms with Gasteiger partial charge in [0, 0.05) is 29.9 Å². The number of carbonyl (C=O) groups is 1. The normalized spacial score (nSPS) is 17.0. The number of halogens is 2. The summed E-state index contributed by atoms with van der Waals surface area (Å²) in [5.41, 5.74) is 3.49. The Morgan fingerprint density at radius 1 is 0.971 bits per heavy atom. The molecule has 1 N–H and O–H groups in total. The maximum Gasteiger partial charge on any atom is 0.326 e. The van der Waals surface area contributed by atoms with E-state index in [2.05, 4.69) is 16.3 Å². The minimum atomic E-state index is -0.344. The minimum Gasteiger partial charge on any atom is -0.497 e. The fraction of sp³-hybridized carbons (Fsp3) is 0.296. The molecule has 1 saturated heterocycles. The van der Waals surface area contributed by atoms with Gasteiger partial charge in [0.2, 0.25) is 0 Å². The number of rotatable bonds is 4. The Kier molecular flexibility index (Phi) is 5.96. The highest BCUT2D eigenvalue weighted by molar-refractivity contribution is 6.03. The summed E-state index contributed by atoms with van der Waals surface area (Å²) < 4.78 is 32.0. The van der Waals surface area contributed by atoms with Gasteiger partial charge in [-0.3, -0.25) is 9.80 Å². The minimum absolute atomic E-state index is 0.163. The van der Waals surface area contributed by atoms with E-state index in [0.29, 0.717) is 12.2 Å². The van der Waals surface area contributed by atoms with Crippen molar-refractivity contribution in [1.82, 2.24) is 4.90 Å². The van der Waals surface area contributed by atoms with Crippen LogP contribution in [0.1, 0.15) is 24.0 Å². The van der Waals surface area contributed by atoms with Crippen molar-refractivity contribution in [3.63, 3.8) is 0 Å². The summed E-state index contributed by atoms with van der Waals surface area (Å²) in [6, 6.07) is 18.1. The number of benzene rings is 3. The average Bonchev–Trinajstić information content (AvgIpc) is 3.17. The van der Waals surface area contributed by atoms with Gasteiger partial charge in [0.05, 0.1) is 7.11 Å². The first-order chi connectivity index (χ1) is 16.5. The molecule has 2 aliphatic rings. The number of urea groups is 1. The van der Waals surface area contributed by atoms with Crippen LogP contribution in [0.4, 0.5) is 25.0 Å². The van der Waals surface area contributed by atoms with Crippen LogP contribution in [0.2, 0.25) is 0 Å². The Balaban J connectivity index is 1.35. The number of hydrogen-bond donors (Lipinski definition) is 1. The SMILES string of the molecule is COc1ccc2c(c1)C1(CCN(Cc3ccc(F)cc3)CC1)CN2C(=O)Nc1ccc(F)cc1. The van der Waals surface area contributed by atoms with Gasteiger partial charge in [-0.2, -0.15) is 0 Å². The molecule has 5 rings (SSSR count). The Morgan fingerprint density at radius 2 is 1.62 bits per heavy atom. The third-order valence-electron chi connectivity index (χ3n) is 7.00. The Hall–Kier alpha value is -3.45. The lowest BCUT2D eigenvalue weighted by atomic mass is 9.74. The number of fused-ring (bicyclic) bond motifs is 2. The van der Waals surface area contributed by atoms with Gasteiger partial charge >= 0.3 is 6.03 Å². The van der Waals surface area contributed by atoms with Crippen LogP contribution in [0, 0.1) is 11.6 Å². The first kappa shape index (κ1) is 22.3. The molecule has 0 aromatic heterocycles. The van der Waals surface area contributed by atoms with E-state index in [-0.39, 0.29) is 23.1 Å². The fourth-order valence-electron chi connectivity index (χ4n) is 5.10. The van der Waals surface area contributed by atoms with Crippen LogP contribution >= 0.6 is 0 Å². The van der Waals surface area contributed by atoms with Gasteiger partial charge in [0.1, 0.15) is 17.4 Å². The number of ether oxygens (including phenoxy) is 1. The van der Waals surface area contributed by atoms with Crippen molar-refractivity contribution < 1.29 is 18.3 Å². The molecule has 1 spiro atoms. The molecule has 176 valence electrons. The molecule has 2 aliphatic heterocycles. The summed E-state index contributed by atoms with van der Waals surface area (Å²) in [5.74, 6) is 0.201. The first-order valence-corrected chi connectivity index (χ1v) is 11.5. The van der Waals surface area contributed by atoms with Crippen LogP contribution in [0.5, 0.6) is 5.75 Å². The standard InChI is InChI=1S/C27H27F2N3O2/c1-34-23-10-11-25-24(16-23)27(18-32(25)26(33)30-22-8-6-21(29)7-9-22)12-14-31(15-13-27)17-19-2-4-20(28)5-3-19/h2-11,16H,12-15,17-18H2,1H3,(H,30,33). The lowest BCUT2D eigenvalue weighted by Gasteiger charge is -2.40. The Labute approximate surface area is 197 Å². The molecule has 5 nitrogen and oxygen atoms in total. The number of methoxy groups -OCH3 is 1. The van der Waals surface area contributed by atoms with Crippen molar-refractivity contribution in [1.29, 1.82) is 0 Å². The van der Waals surface area contributed by atoms with E-state index >= 15 is 0 Å². The number of anilines is 2. The van der Waals surface area contributed by atoms with Gasteiger partial charge in [-0.1, -0.05) is 12.1 Å². The van der Waals surface area contributed by atoms with Crippen molar-refractivity contribution in [3.05, 3.63) is 89.5 Å². The second-order valence-corrected chi connectivity index (χ2v) is 9.09. The molecule has 7 heteroatoms. The van der Waals surface area contributed by atoms with Crippen molar-refractivity contribution >= 4 is 17.4 Å². The number of piperidine rings is 1. The Morgan fingerprint density at radius 3 is 2.26 bits per heavy atom. The molecule has 3 aromatic carbocycles. The van der Waals surface area contributed by atoms with Gasteiger partial charge in [-0.25, -0.2) is 13.6 Å². The molecule has 0 unspecified atom stereocenters. The quantitative estimate of drug-likeness (QED) is 0.551. The molecule has 3 aromatic rings. The molecule has 2 amide bonds. The number of nitrogens with zero attached hydrogens (tertiary/aromatic N) is 2. The van der Waals surface area contributed by atoms with Crippen molar-refractivity contribution in [2.75, 3.05) is 37.0 Å². The molecular formula is C27H27F2N3O2. The second kappa shape index (κ2) is 9.06. The van der Waals surface area contributed by atoms with E-state index in [1.165, 1.54) is 24.3 Å². The topological polar surface area (TPSA) is 44.8 Å². The number of hydrogen-bond acceptors (Lipinski definition) is 3. The molecule has 34 heavy (non-hydrogen) atoms. The number of nitrogens with one attached hydrogen (secondary N) is 1. The van der Waals surface area contributed by atoms with E-state index in [9.17, 15) is 13.6 Å². The molecule has 0 bridgehead atoms. The zero-order chi connectivity index (χ0) is 23.7. The predicted octanol–water partition coefficient (Wildman–Crippen LogP) is 5.56. The third kappa shape index (κ3) is 4.35. The van der Waals surface area contributed by atoms with Crippen molar-refractivity contribution in [2.45, 2.75) is 24.8 Å². The molecule has 0 saturated carbocycles. The maximum atomic E-state index is 13.3. The first-order valence-electron chi connectivity index (χ1n) is 11.5. The van der Waals surface area contributed by atoms with Crippen LogP contribution in [-0.4, -0.2) is 37.7 Å². The van der Waals surface area contributed by atoms with Gasteiger partial charge in [-0.15, -0.1) is 0 Å². The number of amides is 2. The van der Waals surface area contributed by atoms with Crippen LogP contribution in [0.3, 0.4) is 0 Å². The van der Waals surface area contributed by atoms with Crippen molar-refractivity contribution in [3.8, 4) is 5.75 Å². The van der Waals surface area contributed by atoms with Gasteiger partial charge in [0.25, 0.3) is 0 Å². The molecule has 1 fully saturated rings. The van der Waals surface area contributed by atoms with Crippen LogP contribution in [0.25, 0.3) is 0 Å². The van der Waals surface area contributed by atoms with Crippen LogP contribution < -0.4 is 15.0 Å². The summed E-state index contributed by atoms with van der Waals surface area (Å²) in [5, 5.41) is 2.90. The fourth-order valence-corrected chi connectivity index (χ4v) is 5.10. The summed E-state index contributed by atoms with van der Waals surface area (Å²) in [6.45, 7) is 3.10. The van der Waals surface area contributed by atoms with E-state index < -0.39 is 0 Å². The number of carbonyl (C=O) groups excluding carboxylic acids is 1. The van der Waals surface area contributed by atoms with Crippen LogP contribution in [-0.2, 0) is 12.0 Å². The monoisotopic (exact) mass is 463 g/mol. The van der Waals surface area contributed by atoms with Gasteiger partial charge in [0.15, 0.2) is 0 Å². The maximum absolute atomic E-state index is 13.3. The largest absolute Gasteiger partial charge is 0.497 e. The smallest absolute Gasteiger partial charge is 0.326 e. The molecule has 0 aliphatic carbocycles. The molecule has 2 heterocycles. The predicted molar refractivity (Wildman–Crippen MR) is 128 cm³/mol. The van der Waals surface area contributed by atoms with Gasteiger partial charge in [-0.05, 0) is 91.7 Å². The average molecular weight is 464 g/mol. The Bertz CT molecular complexity index is 1170. The lowest BCUT2D eigenvalue weighted by molar-refractivity contribution is 0.160. The second-order valence-electron chi connectivity index (χ2n) is 9.09. The molecule has 0 radical (unpaired) electrons. The van der Waals surface area contributed by atoms with E-state index in [1.807, 2.05) is 24.3 Å². The van der Waals surface area contributed by atoms with Gasteiger partial charge < -0.3 is 10.1 Å². The van der Waals surface area contributed by atoms with Crippen molar-refractivity contribution in [2.24, 2.45) is 0 Å². The zero-order valence-electron chi connectivity index (χ0n) is 19.1. The highest BCUT2D eigenvalue weighted by Gasteiger charge is 2.46. The number of likely N-dealkylation sites (tertiary alicyclic amines) is 1. The van der Waals surface area contributed by atoms with E-state index in [0.717, 1.165) is 55.0 Å². The summed E-state index contributed by atoms with van der Waals surface area (Å²) >= 11 is 0. The summed E-state index contributed by atoms with van der Waals surface area (Å²) in [6.07, 6.45) is 1.80. The lowest BCUT2D eigenvalue weighted by Crippen LogP contribution is -2.46. The molecule has 0 atom stereocenters. The zero-order valence-corrected chi connectivity index (χ0v) is 19.1. The highest BCUT2D eigenvalue weighted by Crippen LogP contribution is 2.48. The summed E-state index contributed by atoms with van der Waals surface area (Å²) in [7, 11) is 1.65. The van der Waals surface area contributed by atoms with E-state index in [4.69, 9.17) is 4.74 Å². The van der Waals surface area contributed by atoms with Crippen LogP contribution in [0.15, 0.2) is 66.7 Å². The third-order valence-corrected chi connectivity index (χ3v) is 7.00.